The molecule has 0 amide bonds. The first-order valence-electron chi connectivity index (χ1n) is 8.12. The molecule has 1 saturated heterocycles. The molecule has 2 rings (SSSR count). The molecule has 2 nitrogen and oxygen atoms in total. The van der Waals surface area contributed by atoms with E-state index in [4.69, 9.17) is 0 Å². The van der Waals surface area contributed by atoms with Gasteiger partial charge >= 0.3 is 0 Å². The predicted octanol–water partition coefficient (Wildman–Crippen LogP) is 3.53. The highest BCUT2D eigenvalue weighted by Crippen LogP contribution is 2.26. The van der Waals surface area contributed by atoms with Crippen LogP contribution in [0.2, 0.25) is 0 Å². The average molecular weight is 292 g/mol. The Labute approximate surface area is 128 Å². The summed E-state index contributed by atoms with van der Waals surface area (Å²) in [5, 5.41) is 3.47. The van der Waals surface area contributed by atoms with Gasteiger partial charge in [-0.25, -0.2) is 4.39 Å². The van der Waals surface area contributed by atoms with Gasteiger partial charge in [-0.1, -0.05) is 12.5 Å². The lowest BCUT2D eigenvalue weighted by Gasteiger charge is -2.46. The number of likely N-dealkylation sites (tertiary alicyclic amines) is 1. The number of nitrogens with zero attached hydrogens (tertiary/aromatic N) is 1. The Hall–Kier alpha value is -0.930. The highest BCUT2D eigenvalue weighted by Gasteiger charge is 2.35. The summed E-state index contributed by atoms with van der Waals surface area (Å²) in [4.78, 5) is 2.59. The molecule has 0 saturated carbocycles. The lowest BCUT2D eigenvalue weighted by molar-refractivity contribution is 0.0635. The van der Waals surface area contributed by atoms with Gasteiger partial charge in [0.2, 0.25) is 0 Å². The van der Waals surface area contributed by atoms with Gasteiger partial charge in [-0.15, -0.1) is 0 Å². The molecule has 0 aliphatic carbocycles. The third kappa shape index (κ3) is 3.83. The number of hydrogen-bond acceptors (Lipinski definition) is 2. The van der Waals surface area contributed by atoms with Gasteiger partial charge in [0.1, 0.15) is 5.82 Å². The van der Waals surface area contributed by atoms with Crippen LogP contribution in [0.1, 0.15) is 44.2 Å². The van der Waals surface area contributed by atoms with E-state index in [0.29, 0.717) is 6.04 Å². The molecule has 1 heterocycles. The van der Waals surface area contributed by atoms with Gasteiger partial charge in [-0.2, -0.15) is 0 Å². The lowest BCUT2D eigenvalue weighted by atomic mass is 9.85. The zero-order valence-electron chi connectivity index (χ0n) is 13.9. The molecule has 1 aromatic rings. The van der Waals surface area contributed by atoms with Gasteiger partial charge in [0.15, 0.2) is 0 Å². The number of aryl methyl sites for hydroxylation is 1. The van der Waals surface area contributed by atoms with E-state index in [-0.39, 0.29) is 11.4 Å². The molecule has 1 aliphatic rings. The fourth-order valence-corrected chi connectivity index (χ4v) is 3.48. The number of rotatable bonds is 5. The average Bonchev–Trinajstić information content (AvgIpc) is 2.48. The summed E-state index contributed by atoms with van der Waals surface area (Å²) in [6.07, 6.45) is 4.79. The van der Waals surface area contributed by atoms with Crippen LogP contribution in [0.25, 0.3) is 0 Å². The quantitative estimate of drug-likeness (QED) is 0.893. The van der Waals surface area contributed by atoms with E-state index in [1.807, 2.05) is 13.1 Å². The number of piperidine rings is 1. The summed E-state index contributed by atoms with van der Waals surface area (Å²) in [7, 11) is 2.02. The zero-order valence-corrected chi connectivity index (χ0v) is 13.9. The Morgan fingerprint density at radius 2 is 1.90 bits per heavy atom. The summed E-state index contributed by atoms with van der Waals surface area (Å²) < 4.78 is 13.5. The normalized spacial score (nSPS) is 18.7. The highest BCUT2D eigenvalue weighted by molar-refractivity contribution is 5.28. The van der Waals surface area contributed by atoms with Crippen molar-refractivity contribution >= 4 is 0 Å². The maximum absolute atomic E-state index is 13.5. The molecule has 0 radical (unpaired) electrons. The van der Waals surface area contributed by atoms with E-state index < -0.39 is 0 Å². The van der Waals surface area contributed by atoms with Crippen molar-refractivity contribution in [2.24, 2.45) is 0 Å². The van der Waals surface area contributed by atoms with Gasteiger partial charge in [0.25, 0.3) is 0 Å². The largest absolute Gasteiger partial charge is 0.315 e. The maximum Gasteiger partial charge on any atom is 0.123 e. The van der Waals surface area contributed by atoms with Crippen molar-refractivity contribution in [3.8, 4) is 0 Å². The molecular weight excluding hydrogens is 263 g/mol. The van der Waals surface area contributed by atoms with Crippen LogP contribution in [0.5, 0.6) is 0 Å². The highest BCUT2D eigenvalue weighted by atomic mass is 19.1. The summed E-state index contributed by atoms with van der Waals surface area (Å²) in [5.41, 5.74) is 2.36. The number of benzene rings is 1. The number of hydrogen-bond donors (Lipinski definition) is 1. The van der Waals surface area contributed by atoms with Crippen LogP contribution in [-0.2, 0) is 6.42 Å². The molecule has 1 unspecified atom stereocenters. The second-order valence-corrected chi connectivity index (χ2v) is 6.82. The molecule has 0 aromatic heterocycles. The molecule has 1 atom stereocenters. The standard InChI is InChI=1S/C18H29FN2/c1-14-8-9-16(19)12-15(14)13-17(20-4)18(2,3)21-10-6-5-7-11-21/h8-9,12,17,20H,5-7,10-11,13H2,1-4H3. The van der Waals surface area contributed by atoms with Gasteiger partial charge in [0, 0.05) is 11.6 Å². The minimum Gasteiger partial charge on any atom is -0.315 e. The molecule has 1 fully saturated rings. The minimum atomic E-state index is -0.138. The minimum absolute atomic E-state index is 0.0773. The fourth-order valence-electron chi connectivity index (χ4n) is 3.48. The smallest absolute Gasteiger partial charge is 0.123 e. The van der Waals surface area contributed by atoms with Gasteiger partial charge < -0.3 is 5.32 Å². The molecule has 1 N–H and O–H groups in total. The third-order valence-electron chi connectivity index (χ3n) is 5.11. The third-order valence-corrected chi connectivity index (χ3v) is 5.11. The number of halogens is 1. The Balaban J connectivity index is 2.16. The van der Waals surface area contributed by atoms with E-state index in [0.717, 1.165) is 12.0 Å². The van der Waals surface area contributed by atoms with E-state index >= 15 is 0 Å². The fraction of sp³-hybridized carbons (Fsp3) is 0.667. The van der Waals surface area contributed by atoms with Gasteiger partial charge in [-0.3, -0.25) is 4.90 Å². The van der Waals surface area contributed by atoms with Crippen molar-refractivity contribution in [3.05, 3.63) is 35.1 Å². The van der Waals surface area contributed by atoms with Crippen LogP contribution in [0.3, 0.4) is 0 Å². The second-order valence-electron chi connectivity index (χ2n) is 6.82. The van der Waals surface area contributed by atoms with Crippen molar-refractivity contribution in [3.63, 3.8) is 0 Å². The molecule has 21 heavy (non-hydrogen) atoms. The van der Waals surface area contributed by atoms with E-state index in [1.165, 1.54) is 37.9 Å². The SMILES string of the molecule is CNC(Cc1cc(F)ccc1C)C(C)(C)N1CCCCC1. The Morgan fingerprint density at radius 1 is 1.24 bits per heavy atom. The van der Waals surface area contributed by atoms with Crippen molar-refractivity contribution < 1.29 is 4.39 Å². The predicted molar refractivity (Wildman–Crippen MR) is 87.2 cm³/mol. The molecule has 3 heteroatoms. The first kappa shape index (κ1) is 16.4. The summed E-state index contributed by atoms with van der Waals surface area (Å²) in [6.45, 7) is 9.04. The van der Waals surface area contributed by atoms with Crippen LogP contribution in [0, 0.1) is 12.7 Å². The van der Waals surface area contributed by atoms with Crippen molar-refractivity contribution in [2.45, 2.75) is 58.0 Å². The summed E-state index contributed by atoms with van der Waals surface area (Å²) >= 11 is 0. The van der Waals surface area contributed by atoms with E-state index in [1.54, 1.807) is 12.1 Å². The topological polar surface area (TPSA) is 15.3 Å². The monoisotopic (exact) mass is 292 g/mol. The van der Waals surface area contributed by atoms with Gasteiger partial charge in [-0.05, 0) is 83.4 Å². The molecule has 0 bridgehead atoms. The maximum atomic E-state index is 13.5. The molecule has 1 aromatic carbocycles. The van der Waals surface area contributed by atoms with Crippen LogP contribution in [-0.4, -0.2) is 36.6 Å². The van der Waals surface area contributed by atoms with Crippen LogP contribution in [0.4, 0.5) is 4.39 Å². The molecular formula is C18H29FN2. The Kier molecular flexibility index (Phi) is 5.39. The first-order valence-corrected chi connectivity index (χ1v) is 8.12. The van der Waals surface area contributed by atoms with E-state index in [9.17, 15) is 4.39 Å². The van der Waals surface area contributed by atoms with Crippen LogP contribution >= 0.6 is 0 Å². The molecule has 118 valence electrons. The Bertz CT molecular complexity index is 464. The summed E-state index contributed by atoms with van der Waals surface area (Å²) in [5.74, 6) is -0.138. The molecule has 1 aliphatic heterocycles. The summed E-state index contributed by atoms with van der Waals surface area (Å²) in [6, 6.07) is 5.43. The van der Waals surface area contributed by atoms with Gasteiger partial charge in [0.05, 0.1) is 0 Å². The van der Waals surface area contributed by atoms with E-state index in [2.05, 4.69) is 31.0 Å². The lowest BCUT2D eigenvalue weighted by Crippen LogP contribution is -2.59. The molecule has 0 spiro atoms. The van der Waals surface area contributed by atoms with Crippen molar-refractivity contribution in [1.82, 2.24) is 10.2 Å². The van der Waals surface area contributed by atoms with Crippen molar-refractivity contribution in [2.75, 3.05) is 20.1 Å². The number of likely N-dealkylation sites (N-methyl/N-ethyl adjacent to an activating group) is 1. The second kappa shape index (κ2) is 6.89. The number of nitrogens with one attached hydrogen (secondary N) is 1. The Morgan fingerprint density at radius 3 is 2.52 bits per heavy atom. The van der Waals surface area contributed by atoms with Crippen LogP contribution in [0.15, 0.2) is 18.2 Å². The zero-order chi connectivity index (χ0) is 15.5. The first-order chi connectivity index (χ1) is 9.95. The van der Waals surface area contributed by atoms with Crippen LogP contribution < -0.4 is 5.32 Å². The van der Waals surface area contributed by atoms with Crippen molar-refractivity contribution in [1.29, 1.82) is 0 Å².